The van der Waals surface area contributed by atoms with E-state index in [1.54, 1.807) is 17.1 Å². The molecule has 0 saturated heterocycles. The van der Waals surface area contributed by atoms with Crippen molar-refractivity contribution in [3.8, 4) is 11.1 Å². The Labute approximate surface area is 119 Å². The molecular formula is C15H12F3N3. The van der Waals surface area contributed by atoms with Crippen LogP contribution in [0.3, 0.4) is 0 Å². The summed E-state index contributed by atoms with van der Waals surface area (Å²) in [6.07, 6.45) is 4.35. The Hall–Kier alpha value is -2.37. The second-order valence-corrected chi connectivity index (χ2v) is 4.70. The third-order valence-corrected chi connectivity index (χ3v) is 3.23. The summed E-state index contributed by atoms with van der Waals surface area (Å²) in [5.74, 6) is -0.897. The second-order valence-electron chi connectivity index (χ2n) is 4.70. The van der Waals surface area contributed by atoms with Crippen LogP contribution >= 0.6 is 0 Å². The SMILES string of the molecule is Fc1ccc(-c2cnn(CC3=NCC=C3)c2)cc1C(F)F. The first-order valence-electron chi connectivity index (χ1n) is 6.44. The summed E-state index contributed by atoms with van der Waals surface area (Å²) in [6, 6.07) is 3.68. The van der Waals surface area contributed by atoms with Gasteiger partial charge in [-0.15, -0.1) is 0 Å². The van der Waals surface area contributed by atoms with Gasteiger partial charge in [0.1, 0.15) is 5.82 Å². The molecule has 0 fully saturated rings. The molecule has 2 heterocycles. The maximum Gasteiger partial charge on any atom is 0.266 e. The quantitative estimate of drug-likeness (QED) is 0.846. The van der Waals surface area contributed by atoms with E-state index in [4.69, 9.17) is 0 Å². The average Bonchev–Trinajstić information content (AvgIpc) is 3.11. The van der Waals surface area contributed by atoms with Crippen LogP contribution in [0.4, 0.5) is 13.2 Å². The molecule has 0 aliphatic carbocycles. The van der Waals surface area contributed by atoms with Crippen molar-refractivity contribution in [2.75, 3.05) is 6.54 Å². The summed E-state index contributed by atoms with van der Waals surface area (Å²) in [5, 5.41) is 4.17. The lowest BCUT2D eigenvalue weighted by atomic mass is 10.1. The van der Waals surface area contributed by atoms with Crippen molar-refractivity contribution in [2.45, 2.75) is 13.0 Å². The van der Waals surface area contributed by atoms with Gasteiger partial charge in [0, 0.05) is 11.8 Å². The Morgan fingerprint density at radius 2 is 2.10 bits per heavy atom. The molecule has 0 N–H and O–H groups in total. The molecule has 0 atom stereocenters. The zero-order chi connectivity index (χ0) is 14.8. The molecule has 21 heavy (non-hydrogen) atoms. The monoisotopic (exact) mass is 291 g/mol. The highest BCUT2D eigenvalue weighted by Gasteiger charge is 2.15. The second kappa shape index (κ2) is 5.55. The lowest BCUT2D eigenvalue weighted by molar-refractivity contribution is 0.146. The first-order chi connectivity index (χ1) is 10.1. The molecule has 1 aliphatic heterocycles. The largest absolute Gasteiger partial charge is 0.284 e. The molecule has 1 aromatic carbocycles. The highest BCUT2D eigenvalue weighted by atomic mass is 19.3. The van der Waals surface area contributed by atoms with Crippen molar-refractivity contribution >= 4 is 5.71 Å². The van der Waals surface area contributed by atoms with Crippen LogP contribution in [-0.4, -0.2) is 22.0 Å². The molecule has 0 bridgehead atoms. The fraction of sp³-hybridized carbons (Fsp3) is 0.200. The number of aromatic nitrogens is 2. The number of halogens is 3. The Kier molecular flexibility index (Phi) is 3.60. The molecular weight excluding hydrogens is 279 g/mol. The Bertz CT molecular complexity index is 717. The highest BCUT2D eigenvalue weighted by molar-refractivity contribution is 5.96. The Balaban J connectivity index is 1.85. The molecule has 1 aromatic heterocycles. The number of aliphatic imine (C=N–C) groups is 1. The molecule has 3 nitrogen and oxygen atoms in total. The Morgan fingerprint density at radius 3 is 2.81 bits per heavy atom. The van der Waals surface area contributed by atoms with E-state index >= 15 is 0 Å². The lowest BCUT2D eigenvalue weighted by Crippen LogP contribution is -2.06. The molecule has 0 amide bonds. The maximum absolute atomic E-state index is 13.3. The topological polar surface area (TPSA) is 30.2 Å². The summed E-state index contributed by atoms with van der Waals surface area (Å²) in [4.78, 5) is 4.26. The van der Waals surface area contributed by atoms with E-state index in [1.807, 2.05) is 12.2 Å². The van der Waals surface area contributed by atoms with Crippen LogP contribution in [0.5, 0.6) is 0 Å². The van der Waals surface area contributed by atoms with Crippen LogP contribution in [0.1, 0.15) is 12.0 Å². The van der Waals surface area contributed by atoms with E-state index in [2.05, 4.69) is 10.1 Å². The van der Waals surface area contributed by atoms with Gasteiger partial charge in [-0.05, 0) is 23.8 Å². The van der Waals surface area contributed by atoms with E-state index in [9.17, 15) is 13.2 Å². The molecule has 2 aromatic rings. The van der Waals surface area contributed by atoms with E-state index in [0.717, 1.165) is 17.8 Å². The minimum absolute atomic E-state index is 0.516. The summed E-state index contributed by atoms with van der Waals surface area (Å²) in [6.45, 7) is 1.21. The Morgan fingerprint density at radius 1 is 1.24 bits per heavy atom. The van der Waals surface area contributed by atoms with Crippen LogP contribution in [0.15, 0.2) is 47.7 Å². The summed E-state index contributed by atoms with van der Waals surface area (Å²) in [5.41, 5.74) is 1.50. The molecule has 0 unspecified atom stereocenters. The molecule has 0 spiro atoms. The number of nitrogens with zero attached hydrogens (tertiary/aromatic N) is 3. The summed E-state index contributed by atoms with van der Waals surface area (Å²) >= 11 is 0. The first kappa shape index (κ1) is 13.6. The molecule has 108 valence electrons. The fourth-order valence-corrected chi connectivity index (χ4v) is 2.17. The van der Waals surface area contributed by atoms with E-state index in [1.165, 1.54) is 6.07 Å². The number of benzene rings is 1. The van der Waals surface area contributed by atoms with Gasteiger partial charge in [0.2, 0.25) is 0 Å². The van der Waals surface area contributed by atoms with Gasteiger partial charge in [-0.2, -0.15) is 5.10 Å². The van der Waals surface area contributed by atoms with Gasteiger partial charge in [-0.25, -0.2) is 13.2 Å². The van der Waals surface area contributed by atoms with Crippen LogP contribution in [0.25, 0.3) is 11.1 Å². The third kappa shape index (κ3) is 2.89. The standard InChI is InChI=1S/C15H12F3N3/c16-14-4-3-10(6-13(14)15(17)18)11-7-20-21(8-11)9-12-2-1-5-19-12/h1-4,6-8,15H,5,9H2. The minimum atomic E-state index is -2.84. The van der Waals surface area contributed by atoms with Crippen LogP contribution in [-0.2, 0) is 6.54 Å². The van der Waals surface area contributed by atoms with Gasteiger partial charge in [0.15, 0.2) is 0 Å². The van der Waals surface area contributed by atoms with Crippen molar-refractivity contribution in [1.82, 2.24) is 9.78 Å². The number of alkyl halides is 2. The molecule has 3 rings (SSSR count). The van der Waals surface area contributed by atoms with Gasteiger partial charge < -0.3 is 0 Å². The normalized spacial score (nSPS) is 14.0. The van der Waals surface area contributed by atoms with Gasteiger partial charge in [0.05, 0.1) is 30.6 Å². The van der Waals surface area contributed by atoms with Crippen molar-refractivity contribution in [1.29, 1.82) is 0 Å². The zero-order valence-electron chi connectivity index (χ0n) is 11.0. The maximum atomic E-state index is 13.3. The zero-order valence-corrected chi connectivity index (χ0v) is 11.0. The predicted octanol–water partition coefficient (Wildman–Crippen LogP) is 3.64. The van der Waals surface area contributed by atoms with Gasteiger partial charge in [0.25, 0.3) is 6.43 Å². The van der Waals surface area contributed by atoms with Crippen LogP contribution < -0.4 is 0 Å². The molecule has 0 radical (unpaired) electrons. The van der Waals surface area contributed by atoms with Gasteiger partial charge >= 0.3 is 0 Å². The summed E-state index contributed by atoms with van der Waals surface area (Å²) < 4.78 is 40.4. The lowest BCUT2D eigenvalue weighted by Gasteiger charge is -2.04. The number of rotatable bonds is 4. The summed E-state index contributed by atoms with van der Waals surface area (Å²) in [7, 11) is 0. The van der Waals surface area contributed by atoms with Crippen molar-refractivity contribution < 1.29 is 13.2 Å². The predicted molar refractivity (Wildman–Crippen MR) is 74.0 cm³/mol. The number of hydrogen-bond acceptors (Lipinski definition) is 2. The van der Waals surface area contributed by atoms with Crippen LogP contribution in [0.2, 0.25) is 0 Å². The molecule has 1 aliphatic rings. The van der Waals surface area contributed by atoms with Gasteiger partial charge in [-0.1, -0.05) is 12.1 Å². The first-order valence-corrected chi connectivity index (χ1v) is 6.44. The van der Waals surface area contributed by atoms with Crippen molar-refractivity contribution in [3.05, 3.63) is 54.1 Å². The van der Waals surface area contributed by atoms with E-state index in [0.29, 0.717) is 24.2 Å². The molecule has 0 saturated carbocycles. The van der Waals surface area contributed by atoms with E-state index < -0.39 is 17.8 Å². The van der Waals surface area contributed by atoms with Crippen molar-refractivity contribution in [2.24, 2.45) is 4.99 Å². The number of allylic oxidation sites excluding steroid dienone is 1. The van der Waals surface area contributed by atoms with Crippen molar-refractivity contribution in [3.63, 3.8) is 0 Å². The van der Waals surface area contributed by atoms with E-state index in [-0.39, 0.29) is 0 Å². The third-order valence-electron chi connectivity index (χ3n) is 3.23. The smallest absolute Gasteiger partial charge is 0.266 e. The van der Waals surface area contributed by atoms with Gasteiger partial charge in [-0.3, -0.25) is 9.67 Å². The van der Waals surface area contributed by atoms with Crippen LogP contribution in [0, 0.1) is 5.82 Å². The average molecular weight is 291 g/mol. The minimum Gasteiger partial charge on any atom is -0.284 e. The molecule has 6 heteroatoms. The number of hydrogen-bond donors (Lipinski definition) is 0. The highest BCUT2D eigenvalue weighted by Crippen LogP contribution is 2.27. The fourth-order valence-electron chi connectivity index (χ4n) is 2.17.